The van der Waals surface area contributed by atoms with E-state index in [1.165, 1.54) is 19.3 Å². The number of anilines is 1. The Balaban J connectivity index is 2.39. The molecular weight excluding hydrogens is 254 g/mol. The number of nitrogen functional groups attached to an aromatic ring is 1. The third kappa shape index (κ3) is 5.09. The second-order valence-corrected chi connectivity index (χ2v) is 6.13. The highest BCUT2D eigenvalue weighted by atomic mass is 35.5. The van der Waals surface area contributed by atoms with Gasteiger partial charge in [-0.25, -0.2) is 0 Å². The maximum absolute atomic E-state index is 12.0. The molecular formula is C13H20ClNOS. The molecule has 0 radical (unpaired) electrons. The lowest BCUT2D eigenvalue weighted by atomic mass is 10.2. The molecule has 0 fully saturated rings. The van der Waals surface area contributed by atoms with Crippen LogP contribution in [0.3, 0.4) is 0 Å². The van der Waals surface area contributed by atoms with Crippen molar-refractivity contribution in [3.8, 4) is 0 Å². The minimum absolute atomic E-state index is 0.488. The summed E-state index contributed by atoms with van der Waals surface area (Å²) in [4.78, 5) is 0.777. The molecule has 4 heteroatoms. The van der Waals surface area contributed by atoms with Crippen LogP contribution in [0.4, 0.5) is 5.69 Å². The van der Waals surface area contributed by atoms with E-state index in [0.29, 0.717) is 16.5 Å². The van der Waals surface area contributed by atoms with Crippen molar-refractivity contribution < 1.29 is 4.21 Å². The zero-order valence-corrected chi connectivity index (χ0v) is 11.8. The number of unbranched alkanes of at least 4 members (excludes halogenated alkanes) is 4. The zero-order valence-electron chi connectivity index (χ0n) is 10.2. The van der Waals surface area contributed by atoms with Gasteiger partial charge in [0, 0.05) is 10.6 Å². The molecule has 0 saturated carbocycles. The van der Waals surface area contributed by atoms with Gasteiger partial charge in [0.25, 0.3) is 0 Å². The van der Waals surface area contributed by atoms with Gasteiger partial charge in [-0.3, -0.25) is 4.21 Å². The van der Waals surface area contributed by atoms with E-state index in [1.807, 2.05) is 0 Å². The molecule has 1 unspecified atom stereocenters. The number of halogens is 1. The van der Waals surface area contributed by atoms with Gasteiger partial charge in [-0.15, -0.1) is 0 Å². The maximum Gasteiger partial charge on any atom is 0.0647 e. The number of hydrogen-bond acceptors (Lipinski definition) is 2. The quantitative estimate of drug-likeness (QED) is 0.603. The molecule has 1 rings (SSSR count). The lowest BCUT2D eigenvalue weighted by Crippen LogP contribution is -1.99. The normalized spacial score (nSPS) is 12.6. The van der Waals surface area contributed by atoms with Crippen molar-refractivity contribution in [3.05, 3.63) is 23.2 Å². The molecule has 1 aromatic carbocycles. The van der Waals surface area contributed by atoms with Gasteiger partial charge < -0.3 is 5.73 Å². The smallest absolute Gasteiger partial charge is 0.0647 e. The van der Waals surface area contributed by atoms with Gasteiger partial charge in [-0.05, 0) is 24.6 Å². The maximum atomic E-state index is 12.0. The summed E-state index contributed by atoms with van der Waals surface area (Å²) in [5.74, 6) is 0.712. The highest BCUT2D eigenvalue weighted by Gasteiger charge is 2.05. The number of rotatable bonds is 7. The largest absolute Gasteiger partial charge is 0.398 e. The Morgan fingerprint density at radius 3 is 2.59 bits per heavy atom. The Bertz CT molecular complexity index is 382. The topological polar surface area (TPSA) is 43.1 Å². The monoisotopic (exact) mass is 273 g/mol. The van der Waals surface area contributed by atoms with Crippen LogP contribution in [0.25, 0.3) is 0 Å². The first-order valence-electron chi connectivity index (χ1n) is 6.08. The summed E-state index contributed by atoms with van der Waals surface area (Å²) in [5.41, 5.74) is 6.15. The predicted molar refractivity (Wildman–Crippen MR) is 75.9 cm³/mol. The highest BCUT2D eigenvalue weighted by Crippen LogP contribution is 2.22. The van der Waals surface area contributed by atoms with Gasteiger partial charge in [-0.2, -0.15) is 0 Å². The summed E-state index contributed by atoms with van der Waals surface area (Å²) in [6.45, 7) is 2.19. The van der Waals surface area contributed by atoms with E-state index in [2.05, 4.69) is 6.92 Å². The average Bonchev–Trinajstić information content (AvgIpc) is 2.32. The first-order chi connectivity index (χ1) is 8.15. The van der Waals surface area contributed by atoms with E-state index in [-0.39, 0.29) is 0 Å². The van der Waals surface area contributed by atoms with Gasteiger partial charge in [0.15, 0.2) is 0 Å². The molecule has 0 spiro atoms. The summed E-state index contributed by atoms with van der Waals surface area (Å²) in [6.07, 6.45) is 5.89. The van der Waals surface area contributed by atoms with Crippen LogP contribution in [0.15, 0.2) is 23.1 Å². The van der Waals surface area contributed by atoms with E-state index >= 15 is 0 Å². The van der Waals surface area contributed by atoms with Gasteiger partial charge in [0.2, 0.25) is 0 Å². The molecule has 0 heterocycles. The number of nitrogens with two attached hydrogens (primary N) is 1. The molecule has 1 atom stereocenters. The Hall–Kier alpha value is -0.540. The van der Waals surface area contributed by atoms with Crippen molar-refractivity contribution in [3.63, 3.8) is 0 Å². The Labute approximate surface area is 111 Å². The second kappa shape index (κ2) is 7.72. The van der Waals surface area contributed by atoms with Crippen LogP contribution in [-0.4, -0.2) is 9.96 Å². The van der Waals surface area contributed by atoms with Crippen molar-refractivity contribution in [1.29, 1.82) is 0 Å². The fourth-order valence-corrected chi connectivity index (χ4v) is 3.02. The van der Waals surface area contributed by atoms with E-state index in [9.17, 15) is 4.21 Å². The minimum atomic E-state index is -0.947. The van der Waals surface area contributed by atoms with E-state index in [4.69, 9.17) is 17.3 Å². The van der Waals surface area contributed by atoms with Crippen LogP contribution in [0.1, 0.15) is 39.0 Å². The molecule has 0 aliphatic carbocycles. The second-order valence-electron chi connectivity index (χ2n) is 4.15. The lowest BCUT2D eigenvalue weighted by molar-refractivity contribution is 0.647. The van der Waals surface area contributed by atoms with Gasteiger partial charge >= 0.3 is 0 Å². The molecule has 96 valence electrons. The first-order valence-corrected chi connectivity index (χ1v) is 7.78. The molecule has 2 N–H and O–H groups in total. The molecule has 2 nitrogen and oxygen atoms in total. The Morgan fingerprint density at radius 2 is 1.94 bits per heavy atom. The molecule has 0 amide bonds. The minimum Gasteiger partial charge on any atom is -0.398 e. The standard InChI is InChI=1S/C13H20ClNOS/c1-2-3-4-5-6-9-17(16)11-7-8-13(15)12(14)10-11/h7-8,10H,2-6,9,15H2,1H3. The molecule has 0 aromatic heterocycles. The summed E-state index contributed by atoms with van der Waals surface area (Å²) < 4.78 is 12.0. The van der Waals surface area contributed by atoms with Gasteiger partial charge in [0.05, 0.1) is 21.5 Å². The van der Waals surface area contributed by atoms with E-state index < -0.39 is 10.8 Å². The van der Waals surface area contributed by atoms with Gasteiger partial charge in [-0.1, -0.05) is 44.2 Å². The van der Waals surface area contributed by atoms with Crippen molar-refractivity contribution in [2.45, 2.75) is 43.9 Å². The Morgan fingerprint density at radius 1 is 1.24 bits per heavy atom. The van der Waals surface area contributed by atoms with Crippen molar-refractivity contribution >= 4 is 28.1 Å². The van der Waals surface area contributed by atoms with Crippen molar-refractivity contribution in [2.75, 3.05) is 11.5 Å². The van der Waals surface area contributed by atoms with E-state index in [1.54, 1.807) is 18.2 Å². The van der Waals surface area contributed by atoms with Crippen molar-refractivity contribution in [1.82, 2.24) is 0 Å². The molecule has 0 aliphatic heterocycles. The molecule has 1 aromatic rings. The van der Waals surface area contributed by atoms with Crippen LogP contribution < -0.4 is 5.73 Å². The summed E-state index contributed by atoms with van der Waals surface area (Å²) in [5, 5.41) is 0.488. The van der Waals surface area contributed by atoms with E-state index in [0.717, 1.165) is 17.7 Å². The van der Waals surface area contributed by atoms with Crippen molar-refractivity contribution in [2.24, 2.45) is 0 Å². The van der Waals surface area contributed by atoms with Crippen LogP contribution >= 0.6 is 11.6 Å². The molecule has 0 saturated heterocycles. The van der Waals surface area contributed by atoms with Crippen LogP contribution in [-0.2, 0) is 10.8 Å². The fraction of sp³-hybridized carbons (Fsp3) is 0.538. The average molecular weight is 274 g/mol. The number of hydrogen-bond donors (Lipinski definition) is 1. The fourth-order valence-electron chi connectivity index (χ4n) is 1.60. The zero-order chi connectivity index (χ0) is 12.7. The summed E-state index contributed by atoms with van der Waals surface area (Å²) >= 11 is 5.90. The number of benzene rings is 1. The Kier molecular flexibility index (Phi) is 6.60. The summed E-state index contributed by atoms with van der Waals surface area (Å²) in [7, 11) is -0.947. The SMILES string of the molecule is CCCCCCCS(=O)c1ccc(N)c(Cl)c1. The van der Waals surface area contributed by atoms with Crippen LogP contribution in [0.2, 0.25) is 5.02 Å². The third-order valence-electron chi connectivity index (χ3n) is 2.67. The van der Waals surface area contributed by atoms with Crippen LogP contribution in [0.5, 0.6) is 0 Å². The molecule has 0 bridgehead atoms. The highest BCUT2D eigenvalue weighted by molar-refractivity contribution is 7.85. The predicted octanol–water partition coefficient (Wildman–Crippen LogP) is 4.00. The third-order valence-corrected chi connectivity index (χ3v) is 4.43. The lowest BCUT2D eigenvalue weighted by Gasteiger charge is -2.04. The molecule has 17 heavy (non-hydrogen) atoms. The first kappa shape index (κ1) is 14.5. The molecule has 0 aliphatic rings. The van der Waals surface area contributed by atoms with Gasteiger partial charge in [0.1, 0.15) is 0 Å². The summed E-state index contributed by atoms with van der Waals surface area (Å²) in [6, 6.07) is 5.22. The van der Waals surface area contributed by atoms with Crippen LogP contribution in [0, 0.1) is 0 Å².